The van der Waals surface area contributed by atoms with Crippen LogP contribution in [0.1, 0.15) is 12.8 Å². The van der Waals surface area contributed by atoms with Crippen LogP contribution in [0.5, 0.6) is 0 Å². The Morgan fingerprint density at radius 3 is 2.62 bits per heavy atom. The van der Waals surface area contributed by atoms with Crippen LogP contribution in [0, 0.1) is 5.92 Å². The van der Waals surface area contributed by atoms with Crippen LogP contribution < -0.4 is 5.73 Å². The molecule has 2 N–H and O–H groups in total. The fourth-order valence-electron chi connectivity index (χ4n) is 1.92. The largest absolute Gasteiger partial charge is 0.452 e. The quantitative estimate of drug-likeness (QED) is 0.846. The molecule has 5 nitrogen and oxygen atoms in total. The standard InChI is InChI=1S/C10H16N2O3S/c11-8-9-3-5-12(6-4-9)16(13,14)10-2-1-7-15-10/h1-2,7,9H,3-6,8,11H2. The summed E-state index contributed by atoms with van der Waals surface area (Å²) < 4.78 is 30.5. The topological polar surface area (TPSA) is 76.5 Å². The third-order valence-electron chi connectivity index (χ3n) is 3.00. The summed E-state index contributed by atoms with van der Waals surface area (Å²) in [5.41, 5.74) is 5.57. The number of sulfonamides is 1. The Morgan fingerprint density at radius 1 is 1.44 bits per heavy atom. The van der Waals surface area contributed by atoms with Crippen LogP contribution in [0.25, 0.3) is 0 Å². The van der Waals surface area contributed by atoms with Crippen LogP contribution in [0.2, 0.25) is 0 Å². The van der Waals surface area contributed by atoms with Crippen molar-refractivity contribution in [2.45, 2.75) is 17.9 Å². The van der Waals surface area contributed by atoms with Gasteiger partial charge in [0.05, 0.1) is 6.26 Å². The van der Waals surface area contributed by atoms with E-state index in [0.29, 0.717) is 25.6 Å². The smallest absolute Gasteiger partial charge is 0.276 e. The third kappa shape index (κ3) is 2.14. The molecule has 0 aliphatic carbocycles. The maximum atomic E-state index is 12.0. The Balaban J connectivity index is 2.09. The van der Waals surface area contributed by atoms with Crippen molar-refractivity contribution in [2.75, 3.05) is 19.6 Å². The third-order valence-corrected chi connectivity index (χ3v) is 4.78. The van der Waals surface area contributed by atoms with Crippen molar-refractivity contribution < 1.29 is 12.8 Å². The molecule has 2 heterocycles. The maximum Gasteiger partial charge on any atom is 0.276 e. The molecule has 0 aromatic carbocycles. The van der Waals surface area contributed by atoms with E-state index >= 15 is 0 Å². The lowest BCUT2D eigenvalue weighted by Crippen LogP contribution is -2.39. The first-order chi connectivity index (χ1) is 7.64. The molecule has 90 valence electrons. The van der Waals surface area contributed by atoms with Gasteiger partial charge >= 0.3 is 0 Å². The van der Waals surface area contributed by atoms with Crippen LogP contribution in [0.4, 0.5) is 0 Å². The Hall–Kier alpha value is -0.850. The monoisotopic (exact) mass is 244 g/mol. The first-order valence-electron chi connectivity index (χ1n) is 5.38. The molecule has 16 heavy (non-hydrogen) atoms. The van der Waals surface area contributed by atoms with Crippen LogP contribution >= 0.6 is 0 Å². The van der Waals surface area contributed by atoms with E-state index in [1.165, 1.54) is 16.6 Å². The molecule has 1 saturated heterocycles. The van der Waals surface area contributed by atoms with E-state index in [0.717, 1.165) is 12.8 Å². The molecule has 0 unspecified atom stereocenters. The van der Waals surface area contributed by atoms with Crippen molar-refractivity contribution in [3.05, 3.63) is 18.4 Å². The second-order valence-electron chi connectivity index (χ2n) is 4.02. The van der Waals surface area contributed by atoms with Gasteiger partial charge in [0.2, 0.25) is 5.09 Å². The summed E-state index contributed by atoms with van der Waals surface area (Å²) in [7, 11) is -3.42. The second kappa shape index (κ2) is 4.57. The van der Waals surface area contributed by atoms with Crippen LogP contribution in [-0.2, 0) is 10.0 Å². The summed E-state index contributed by atoms with van der Waals surface area (Å²) in [6.45, 7) is 1.70. The molecule has 1 aliphatic rings. The lowest BCUT2D eigenvalue weighted by atomic mass is 9.99. The summed E-state index contributed by atoms with van der Waals surface area (Å²) in [6.07, 6.45) is 3.03. The molecular weight excluding hydrogens is 228 g/mol. The van der Waals surface area contributed by atoms with Crippen molar-refractivity contribution in [3.63, 3.8) is 0 Å². The molecule has 1 aromatic rings. The van der Waals surface area contributed by atoms with Gasteiger partial charge in [0.15, 0.2) is 0 Å². The van der Waals surface area contributed by atoms with E-state index in [4.69, 9.17) is 10.2 Å². The summed E-state index contributed by atoms with van der Waals surface area (Å²) in [4.78, 5) is 0. The Kier molecular flexibility index (Phi) is 3.32. The number of hydrogen-bond acceptors (Lipinski definition) is 4. The first kappa shape index (κ1) is 11.6. The predicted octanol–water partition coefficient (Wildman–Crippen LogP) is 0.639. The number of rotatable bonds is 3. The van der Waals surface area contributed by atoms with E-state index in [1.54, 1.807) is 6.07 Å². The van der Waals surface area contributed by atoms with Gasteiger partial charge in [-0.1, -0.05) is 0 Å². The molecule has 0 amide bonds. The van der Waals surface area contributed by atoms with Gasteiger partial charge in [0.25, 0.3) is 10.0 Å². The zero-order valence-corrected chi connectivity index (χ0v) is 9.82. The highest BCUT2D eigenvalue weighted by molar-refractivity contribution is 7.89. The lowest BCUT2D eigenvalue weighted by Gasteiger charge is -2.29. The van der Waals surface area contributed by atoms with Crippen LogP contribution in [-0.4, -0.2) is 32.4 Å². The molecule has 1 aliphatic heterocycles. The molecule has 2 rings (SSSR count). The maximum absolute atomic E-state index is 12.0. The fourth-order valence-corrected chi connectivity index (χ4v) is 3.30. The van der Waals surface area contributed by atoms with Gasteiger partial charge in [-0.25, -0.2) is 8.42 Å². The number of furan rings is 1. The van der Waals surface area contributed by atoms with Gasteiger partial charge in [-0.3, -0.25) is 0 Å². The van der Waals surface area contributed by atoms with E-state index in [-0.39, 0.29) is 5.09 Å². The lowest BCUT2D eigenvalue weighted by molar-refractivity contribution is 0.272. The molecule has 0 saturated carbocycles. The minimum atomic E-state index is -3.42. The van der Waals surface area contributed by atoms with Crippen molar-refractivity contribution in [3.8, 4) is 0 Å². The zero-order chi connectivity index (χ0) is 11.6. The summed E-state index contributed by atoms with van der Waals surface area (Å²) in [5, 5.41) is 0.0266. The number of hydrogen-bond donors (Lipinski definition) is 1. The average molecular weight is 244 g/mol. The van der Waals surface area contributed by atoms with Crippen molar-refractivity contribution >= 4 is 10.0 Å². The highest BCUT2D eigenvalue weighted by Gasteiger charge is 2.30. The molecule has 1 aromatic heterocycles. The number of piperidine rings is 1. The molecule has 1 fully saturated rings. The van der Waals surface area contributed by atoms with Gasteiger partial charge in [-0.15, -0.1) is 0 Å². The van der Waals surface area contributed by atoms with Crippen molar-refractivity contribution in [1.82, 2.24) is 4.31 Å². The van der Waals surface area contributed by atoms with E-state index in [1.807, 2.05) is 0 Å². The first-order valence-corrected chi connectivity index (χ1v) is 6.82. The predicted molar refractivity (Wildman–Crippen MR) is 59.2 cm³/mol. The average Bonchev–Trinajstić information content (AvgIpc) is 2.83. The summed E-state index contributed by atoms with van der Waals surface area (Å²) in [6, 6.07) is 3.06. The van der Waals surface area contributed by atoms with E-state index in [2.05, 4.69) is 0 Å². The van der Waals surface area contributed by atoms with Gasteiger partial charge in [-0.2, -0.15) is 4.31 Å². The zero-order valence-electron chi connectivity index (χ0n) is 9.00. The molecular formula is C10H16N2O3S. The molecule has 0 radical (unpaired) electrons. The SMILES string of the molecule is NCC1CCN(S(=O)(=O)c2ccco2)CC1. The Labute approximate surface area is 95.3 Å². The van der Waals surface area contributed by atoms with E-state index in [9.17, 15) is 8.42 Å². The fraction of sp³-hybridized carbons (Fsp3) is 0.600. The minimum absolute atomic E-state index is 0.0266. The van der Waals surface area contributed by atoms with Crippen LogP contribution in [0.15, 0.2) is 27.9 Å². The second-order valence-corrected chi connectivity index (χ2v) is 5.88. The van der Waals surface area contributed by atoms with Gasteiger partial charge < -0.3 is 10.2 Å². The summed E-state index contributed by atoms with van der Waals surface area (Å²) in [5.74, 6) is 0.447. The number of nitrogens with zero attached hydrogens (tertiary/aromatic N) is 1. The van der Waals surface area contributed by atoms with Crippen molar-refractivity contribution in [1.29, 1.82) is 0 Å². The summed E-state index contributed by atoms with van der Waals surface area (Å²) >= 11 is 0. The van der Waals surface area contributed by atoms with Crippen LogP contribution in [0.3, 0.4) is 0 Å². The van der Waals surface area contributed by atoms with Crippen molar-refractivity contribution in [2.24, 2.45) is 11.7 Å². The van der Waals surface area contributed by atoms with Gasteiger partial charge in [0.1, 0.15) is 0 Å². The Morgan fingerprint density at radius 2 is 2.12 bits per heavy atom. The van der Waals surface area contributed by atoms with Gasteiger partial charge in [0, 0.05) is 13.1 Å². The normalized spacial score (nSPS) is 20.1. The Bertz CT molecular complexity index is 419. The highest BCUT2D eigenvalue weighted by Crippen LogP contribution is 2.23. The molecule has 0 atom stereocenters. The van der Waals surface area contributed by atoms with Gasteiger partial charge in [-0.05, 0) is 37.4 Å². The highest BCUT2D eigenvalue weighted by atomic mass is 32.2. The molecule has 6 heteroatoms. The molecule has 0 bridgehead atoms. The number of nitrogens with two attached hydrogens (primary N) is 1. The van der Waals surface area contributed by atoms with E-state index < -0.39 is 10.0 Å². The molecule has 0 spiro atoms. The minimum Gasteiger partial charge on any atom is -0.452 e.